The van der Waals surface area contributed by atoms with Crippen LogP contribution in [0.4, 0.5) is 0 Å². The summed E-state index contributed by atoms with van der Waals surface area (Å²) in [4.78, 5) is 0. The van der Waals surface area contributed by atoms with Gasteiger partial charge in [-0.2, -0.15) is 0 Å². The van der Waals surface area contributed by atoms with Crippen LogP contribution in [0.1, 0.15) is 40.0 Å². The lowest BCUT2D eigenvalue weighted by atomic mass is 9.51. The highest BCUT2D eigenvalue weighted by Crippen LogP contribution is 2.62. The molecule has 4 aliphatic rings. The van der Waals surface area contributed by atoms with Crippen molar-refractivity contribution in [1.82, 2.24) is 0 Å². The van der Waals surface area contributed by atoms with Crippen molar-refractivity contribution >= 4 is 7.69 Å². The summed E-state index contributed by atoms with van der Waals surface area (Å²) in [5.74, 6) is 1.61. The Morgan fingerprint density at radius 3 is 2.71 bits per heavy atom. The molecule has 0 aromatic rings. The molecular formula is C11H19BO2. The van der Waals surface area contributed by atoms with Gasteiger partial charge in [0.05, 0.1) is 11.7 Å². The summed E-state index contributed by atoms with van der Waals surface area (Å²) in [6, 6.07) is 0. The summed E-state index contributed by atoms with van der Waals surface area (Å²) in [7, 11) is 0.512. The number of hydrogen-bond acceptors (Lipinski definition) is 2. The minimum Gasteiger partial charge on any atom is -0.408 e. The van der Waals surface area contributed by atoms with Gasteiger partial charge in [0.15, 0.2) is 0 Å². The van der Waals surface area contributed by atoms with E-state index < -0.39 is 0 Å². The van der Waals surface area contributed by atoms with Gasteiger partial charge in [0.2, 0.25) is 0 Å². The third-order valence-electron chi connectivity index (χ3n) is 5.22. The fourth-order valence-electron chi connectivity index (χ4n) is 4.03. The van der Waals surface area contributed by atoms with E-state index in [4.69, 9.17) is 9.31 Å². The molecule has 0 radical (unpaired) electrons. The summed E-state index contributed by atoms with van der Waals surface area (Å²) in [5.41, 5.74) is 0.480. The number of rotatable bonds is 0. The minimum absolute atomic E-state index is 0.0104. The standard InChI is InChI=1S/C11H19BO2/c1-10(2)7-4-5-9-11(3,8(10)6-7)14-12-13-9/h7-9,12H,4-6H2,1-3H3/t7-,8+,9?,11+/m1/s1. The van der Waals surface area contributed by atoms with Crippen LogP contribution in [0.25, 0.3) is 0 Å². The molecule has 0 aromatic carbocycles. The molecule has 1 saturated heterocycles. The molecule has 3 aliphatic carbocycles. The summed E-state index contributed by atoms with van der Waals surface area (Å²) in [6.07, 6.45) is 4.23. The van der Waals surface area contributed by atoms with Crippen molar-refractivity contribution in [2.24, 2.45) is 17.3 Å². The molecule has 1 unspecified atom stereocenters. The van der Waals surface area contributed by atoms with Gasteiger partial charge in [-0.15, -0.1) is 0 Å². The molecule has 4 rings (SSSR count). The number of hydrogen-bond donors (Lipinski definition) is 0. The van der Waals surface area contributed by atoms with Crippen LogP contribution in [-0.4, -0.2) is 19.4 Å². The molecule has 0 aromatic heterocycles. The molecule has 3 saturated carbocycles. The maximum absolute atomic E-state index is 5.89. The van der Waals surface area contributed by atoms with Crippen LogP contribution in [0.15, 0.2) is 0 Å². The van der Waals surface area contributed by atoms with E-state index in [1.54, 1.807) is 0 Å². The zero-order valence-electron chi connectivity index (χ0n) is 9.38. The lowest BCUT2D eigenvalue weighted by Crippen LogP contribution is -2.56. The normalized spacial score (nSPS) is 54.1. The molecule has 0 spiro atoms. The molecular weight excluding hydrogens is 175 g/mol. The Kier molecular flexibility index (Phi) is 1.69. The summed E-state index contributed by atoms with van der Waals surface area (Å²) in [5, 5.41) is 0. The highest BCUT2D eigenvalue weighted by molar-refractivity contribution is 6.19. The van der Waals surface area contributed by atoms with Crippen LogP contribution >= 0.6 is 0 Å². The molecule has 14 heavy (non-hydrogen) atoms. The van der Waals surface area contributed by atoms with E-state index in [1.807, 2.05) is 0 Å². The Morgan fingerprint density at radius 1 is 1.21 bits per heavy atom. The van der Waals surface area contributed by atoms with E-state index >= 15 is 0 Å². The van der Waals surface area contributed by atoms with E-state index in [1.165, 1.54) is 19.3 Å². The topological polar surface area (TPSA) is 18.5 Å². The lowest BCUT2D eigenvalue weighted by molar-refractivity contribution is -0.123. The Hall–Kier alpha value is -0.0151. The SMILES string of the molecule is CC1(C)[C@@H]2CCC3OBO[C@@]3(C)[C@H]1C2. The molecule has 0 amide bonds. The Bertz CT molecular complexity index is 266. The third-order valence-corrected chi connectivity index (χ3v) is 5.22. The van der Waals surface area contributed by atoms with E-state index in [2.05, 4.69) is 20.8 Å². The predicted octanol–water partition coefficient (Wildman–Crippen LogP) is 1.88. The molecule has 0 N–H and O–H groups in total. The van der Waals surface area contributed by atoms with Crippen LogP contribution in [0, 0.1) is 17.3 Å². The van der Waals surface area contributed by atoms with Gasteiger partial charge >= 0.3 is 7.69 Å². The maximum Gasteiger partial charge on any atom is 0.438 e. The molecule has 1 aliphatic heterocycles. The van der Waals surface area contributed by atoms with Crippen molar-refractivity contribution < 1.29 is 9.31 Å². The monoisotopic (exact) mass is 194 g/mol. The fourth-order valence-corrected chi connectivity index (χ4v) is 4.03. The number of fused-ring (bicyclic) bond motifs is 1. The summed E-state index contributed by atoms with van der Waals surface area (Å²) in [6.45, 7) is 7.07. The van der Waals surface area contributed by atoms with E-state index in [9.17, 15) is 0 Å². The average Bonchev–Trinajstić information content (AvgIpc) is 2.36. The predicted molar refractivity (Wildman–Crippen MR) is 56.1 cm³/mol. The van der Waals surface area contributed by atoms with Gasteiger partial charge in [-0.25, -0.2) is 0 Å². The van der Waals surface area contributed by atoms with Gasteiger partial charge in [-0.05, 0) is 43.4 Å². The Balaban J connectivity index is 1.97. The quantitative estimate of drug-likeness (QED) is 0.548. The Morgan fingerprint density at radius 2 is 2.00 bits per heavy atom. The van der Waals surface area contributed by atoms with Crippen molar-refractivity contribution in [2.45, 2.75) is 51.7 Å². The zero-order chi connectivity index (χ0) is 9.97. The molecule has 4 fully saturated rings. The van der Waals surface area contributed by atoms with Gasteiger partial charge in [-0.3, -0.25) is 0 Å². The van der Waals surface area contributed by atoms with Crippen LogP contribution in [0.2, 0.25) is 0 Å². The van der Waals surface area contributed by atoms with Crippen LogP contribution in [-0.2, 0) is 9.31 Å². The molecule has 78 valence electrons. The maximum atomic E-state index is 5.89. The average molecular weight is 194 g/mol. The second-order valence-electron chi connectivity index (χ2n) is 5.99. The van der Waals surface area contributed by atoms with Crippen molar-refractivity contribution in [3.05, 3.63) is 0 Å². The summed E-state index contributed by atoms with van der Waals surface area (Å²) < 4.78 is 11.6. The van der Waals surface area contributed by atoms with Gasteiger partial charge in [-0.1, -0.05) is 13.8 Å². The van der Waals surface area contributed by atoms with Crippen molar-refractivity contribution in [3.8, 4) is 0 Å². The first kappa shape index (κ1) is 9.23. The molecule has 4 atom stereocenters. The lowest BCUT2D eigenvalue weighted by Gasteiger charge is -2.56. The second-order valence-corrected chi connectivity index (χ2v) is 5.99. The van der Waals surface area contributed by atoms with Gasteiger partial charge in [0.1, 0.15) is 0 Å². The fraction of sp³-hybridized carbons (Fsp3) is 1.00. The van der Waals surface area contributed by atoms with Crippen LogP contribution in [0.5, 0.6) is 0 Å². The van der Waals surface area contributed by atoms with Crippen molar-refractivity contribution in [2.75, 3.05) is 0 Å². The first-order valence-electron chi connectivity index (χ1n) is 5.80. The summed E-state index contributed by atoms with van der Waals surface area (Å²) >= 11 is 0. The molecule has 2 nitrogen and oxygen atoms in total. The van der Waals surface area contributed by atoms with Crippen LogP contribution in [0.3, 0.4) is 0 Å². The van der Waals surface area contributed by atoms with Gasteiger partial charge in [0.25, 0.3) is 0 Å². The Labute approximate surface area is 86.7 Å². The minimum atomic E-state index is 0.0104. The van der Waals surface area contributed by atoms with Crippen molar-refractivity contribution in [1.29, 1.82) is 0 Å². The van der Waals surface area contributed by atoms with Gasteiger partial charge < -0.3 is 9.31 Å². The second kappa shape index (κ2) is 2.56. The molecule has 2 bridgehead atoms. The molecule has 1 heterocycles. The molecule has 3 heteroatoms. The van der Waals surface area contributed by atoms with Gasteiger partial charge in [0, 0.05) is 0 Å². The highest BCUT2D eigenvalue weighted by Gasteiger charge is 2.62. The van der Waals surface area contributed by atoms with Crippen LogP contribution < -0.4 is 0 Å². The first-order chi connectivity index (χ1) is 6.55. The zero-order valence-corrected chi connectivity index (χ0v) is 9.38. The smallest absolute Gasteiger partial charge is 0.408 e. The largest absolute Gasteiger partial charge is 0.438 e. The van der Waals surface area contributed by atoms with E-state index in [-0.39, 0.29) is 5.60 Å². The third kappa shape index (κ3) is 0.905. The van der Waals surface area contributed by atoms with Crippen molar-refractivity contribution in [3.63, 3.8) is 0 Å². The first-order valence-corrected chi connectivity index (χ1v) is 5.80. The van der Waals surface area contributed by atoms with E-state index in [0.29, 0.717) is 25.1 Å². The highest BCUT2D eigenvalue weighted by atomic mass is 16.6. The van der Waals surface area contributed by atoms with E-state index in [0.717, 1.165) is 5.92 Å².